The van der Waals surface area contributed by atoms with Gasteiger partial charge in [0, 0.05) is 37.0 Å². The minimum absolute atomic E-state index is 0.0630. The molecule has 1 saturated heterocycles. The molecule has 6 heteroatoms. The number of benzene rings is 1. The van der Waals surface area contributed by atoms with Crippen molar-refractivity contribution in [3.8, 4) is 0 Å². The topological polar surface area (TPSA) is 51.5 Å². The molecule has 1 aromatic carbocycles. The van der Waals surface area contributed by atoms with Gasteiger partial charge in [0.2, 0.25) is 0 Å². The Hall–Kier alpha value is -2.60. The quantitative estimate of drug-likeness (QED) is 0.598. The zero-order valence-electron chi connectivity index (χ0n) is 16.0. The van der Waals surface area contributed by atoms with Crippen molar-refractivity contribution in [2.75, 3.05) is 13.2 Å². The molecule has 0 spiro atoms. The molecule has 1 aliphatic rings. The fourth-order valence-electron chi connectivity index (χ4n) is 3.84. The number of likely N-dealkylation sites (tertiary alicyclic amines) is 1. The standard InChI is InChI=1S/C22H24N2O3S/c1-23-12-6-9-18(23)21(25)24-13-5-4-8-17(24)11-14-27-22(26)20-15-16-7-2-3-10-19(16)28-20/h2-3,6-7,9-10,12,15,17H,4-5,8,11,13-14H2,1H3. The molecule has 0 radical (unpaired) electrons. The van der Waals surface area contributed by atoms with Crippen molar-refractivity contribution in [2.45, 2.75) is 31.7 Å². The van der Waals surface area contributed by atoms with E-state index < -0.39 is 0 Å². The summed E-state index contributed by atoms with van der Waals surface area (Å²) >= 11 is 1.45. The number of piperidine rings is 1. The van der Waals surface area contributed by atoms with Gasteiger partial charge >= 0.3 is 5.97 Å². The average Bonchev–Trinajstić information content (AvgIpc) is 3.34. The summed E-state index contributed by atoms with van der Waals surface area (Å²) in [5.74, 6) is -0.217. The highest BCUT2D eigenvalue weighted by Gasteiger charge is 2.28. The molecule has 3 heterocycles. The normalized spacial score (nSPS) is 17.0. The van der Waals surface area contributed by atoms with Crippen molar-refractivity contribution in [1.82, 2.24) is 9.47 Å². The summed E-state index contributed by atoms with van der Waals surface area (Å²) in [5.41, 5.74) is 0.703. The highest BCUT2D eigenvalue weighted by atomic mass is 32.1. The molecule has 1 atom stereocenters. The van der Waals surface area contributed by atoms with Crippen LogP contribution in [0, 0.1) is 0 Å². The number of aryl methyl sites for hydroxylation is 1. The Morgan fingerprint density at radius 2 is 2.04 bits per heavy atom. The van der Waals surface area contributed by atoms with E-state index in [1.165, 1.54) is 11.3 Å². The fourth-order valence-corrected chi connectivity index (χ4v) is 4.80. The van der Waals surface area contributed by atoms with Crippen LogP contribution in [0.3, 0.4) is 0 Å². The molecule has 4 rings (SSSR count). The van der Waals surface area contributed by atoms with Gasteiger partial charge in [0.25, 0.3) is 5.91 Å². The number of thiophene rings is 1. The lowest BCUT2D eigenvalue weighted by Gasteiger charge is -2.35. The maximum Gasteiger partial charge on any atom is 0.348 e. The highest BCUT2D eigenvalue weighted by molar-refractivity contribution is 7.20. The summed E-state index contributed by atoms with van der Waals surface area (Å²) < 4.78 is 8.47. The van der Waals surface area contributed by atoms with E-state index in [4.69, 9.17) is 4.74 Å². The largest absolute Gasteiger partial charge is 0.461 e. The van der Waals surface area contributed by atoms with Gasteiger partial charge in [-0.05, 0) is 48.9 Å². The Bertz CT molecular complexity index is 958. The van der Waals surface area contributed by atoms with Gasteiger partial charge in [-0.1, -0.05) is 18.2 Å². The molecule has 2 aromatic heterocycles. The van der Waals surface area contributed by atoms with Gasteiger partial charge in [-0.15, -0.1) is 11.3 Å². The second-order valence-electron chi connectivity index (χ2n) is 7.23. The van der Waals surface area contributed by atoms with Crippen LogP contribution in [0.2, 0.25) is 0 Å². The van der Waals surface area contributed by atoms with E-state index in [2.05, 4.69) is 0 Å². The number of ether oxygens (including phenoxy) is 1. The molecule has 1 unspecified atom stereocenters. The van der Waals surface area contributed by atoms with Gasteiger partial charge in [0.05, 0.1) is 6.61 Å². The molecule has 1 aliphatic heterocycles. The van der Waals surface area contributed by atoms with Gasteiger partial charge in [0.15, 0.2) is 0 Å². The predicted octanol–water partition coefficient (Wildman–Crippen LogP) is 4.48. The van der Waals surface area contributed by atoms with Crippen molar-refractivity contribution in [3.63, 3.8) is 0 Å². The molecule has 146 valence electrons. The van der Waals surface area contributed by atoms with Gasteiger partial charge in [-0.2, -0.15) is 0 Å². The predicted molar refractivity (Wildman–Crippen MR) is 111 cm³/mol. The van der Waals surface area contributed by atoms with E-state index in [1.54, 1.807) is 0 Å². The minimum atomic E-state index is -0.280. The summed E-state index contributed by atoms with van der Waals surface area (Å²) in [6.45, 7) is 1.09. The Morgan fingerprint density at radius 3 is 2.82 bits per heavy atom. The molecule has 1 fully saturated rings. The molecule has 28 heavy (non-hydrogen) atoms. The minimum Gasteiger partial charge on any atom is -0.461 e. The highest BCUT2D eigenvalue weighted by Crippen LogP contribution is 2.26. The SMILES string of the molecule is Cn1cccc1C(=O)N1CCCCC1CCOC(=O)c1cc2ccccc2s1. The molecular formula is C22H24N2O3S. The van der Waals surface area contributed by atoms with E-state index in [1.807, 2.05) is 65.2 Å². The van der Waals surface area contributed by atoms with Crippen LogP contribution in [-0.2, 0) is 11.8 Å². The number of rotatable bonds is 5. The number of hydrogen-bond acceptors (Lipinski definition) is 4. The van der Waals surface area contributed by atoms with E-state index in [9.17, 15) is 9.59 Å². The van der Waals surface area contributed by atoms with E-state index in [0.29, 0.717) is 23.6 Å². The van der Waals surface area contributed by atoms with Crippen LogP contribution in [-0.4, -0.2) is 40.5 Å². The maximum atomic E-state index is 12.9. The first-order chi connectivity index (χ1) is 13.6. The third kappa shape index (κ3) is 3.83. The number of fused-ring (bicyclic) bond motifs is 1. The Labute approximate surface area is 168 Å². The molecule has 1 amide bonds. The average molecular weight is 397 g/mol. The number of hydrogen-bond donors (Lipinski definition) is 0. The zero-order valence-corrected chi connectivity index (χ0v) is 16.8. The van der Waals surface area contributed by atoms with E-state index >= 15 is 0 Å². The second kappa shape index (κ2) is 8.19. The lowest BCUT2D eigenvalue weighted by molar-refractivity contribution is 0.0410. The van der Waals surface area contributed by atoms with Crippen LogP contribution >= 0.6 is 11.3 Å². The lowest BCUT2D eigenvalue weighted by Crippen LogP contribution is -2.44. The Morgan fingerprint density at radius 1 is 1.18 bits per heavy atom. The second-order valence-corrected chi connectivity index (χ2v) is 8.31. The third-order valence-electron chi connectivity index (χ3n) is 5.36. The first kappa shape index (κ1) is 18.7. The molecule has 0 bridgehead atoms. The fraction of sp³-hybridized carbons (Fsp3) is 0.364. The smallest absolute Gasteiger partial charge is 0.348 e. The van der Waals surface area contributed by atoms with Crippen LogP contribution in [0.25, 0.3) is 10.1 Å². The van der Waals surface area contributed by atoms with Crippen molar-refractivity contribution >= 4 is 33.3 Å². The van der Waals surface area contributed by atoms with Crippen molar-refractivity contribution in [1.29, 1.82) is 0 Å². The summed E-state index contributed by atoms with van der Waals surface area (Å²) in [7, 11) is 1.89. The van der Waals surface area contributed by atoms with Gasteiger partial charge < -0.3 is 14.2 Å². The number of nitrogens with zero attached hydrogens (tertiary/aromatic N) is 2. The number of carbonyl (C=O) groups excluding carboxylic acids is 2. The van der Waals surface area contributed by atoms with Crippen LogP contribution < -0.4 is 0 Å². The van der Waals surface area contributed by atoms with Crippen LogP contribution in [0.5, 0.6) is 0 Å². The first-order valence-corrected chi connectivity index (χ1v) is 10.5. The number of carbonyl (C=O) groups is 2. The van der Waals surface area contributed by atoms with Crippen molar-refractivity contribution in [2.24, 2.45) is 7.05 Å². The van der Waals surface area contributed by atoms with Crippen molar-refractivity contribution in [3.05, 3.63) is 59.2 Å². The summed E-state index contributed by atoms with van der Waals surface area (Å²) in [5, 5.41) is 1.06. The van der Waals surface area contributed by atoms with Crippen LogP contribution in [0.1, 0.15) is 45.8 Å². The molecule has 3 aromatic rings. The van der Waals surface area contributed by atoms with Gasteiger partial charge in [-0.25, -0.2) is 4.79 Å². The summed E-state index contributed by atoms with van der Waals surface area (Å²) in [6.07, 6.45) is 5.64. The van der Waals surface area contributed by atoms with E-state index in [0.717, 1.165) is 35.9 Å². The molecular weight excluding hydrogens is 372 g/mol. The Balaban J connectivity index is 1.36. The maximum absolute atomic E-state index is 12.9. The number of amides is 1. The Kier molecular flexibility index (Phi) is 5.48. The molecule has 5 nitrogen and oxygen atoms in total. The first-order valence-electron chi connectivity index (χ1n) is 9.71. The monoisotopic (exact) mass is 396 g/mol. The summed E-state index contributed by atoms with van der Waals surface area (Å²) in [6, 6.07) is 13.7. The van der Waals surface area contributed by atoms with Gasteiger partial charge in [-0.3, -0.25) is 4.79 Å². The van der Waals surface area contributed by atoms with Crippen molar-refractivity contribution < 1.29 is 14.3 Å². The summed E-state index contributed by atoms with van der Waals surface area (Å²) in [4.78, 5) is 27.9. The molecule has 0 N–H and O–H groups in total. The zero-order chi connectivity index (χ0) is 19.5. The van der Waals surface area contributed by atoms with E-state index in [-0.39, 0.29) is 17.9 Å². The molecule has 0 aliphatic carbocycles. The lowest BCUT2D eigenvalue weighted by atomic mass is 9.99. The number of esters is 1. The molecule has 0 saturated carbocycles. The third-order valence-corrected chi connectivity index (χ3v) is 6.46. The number of aromatic nitrogens is 1. The van der Waals surface area contributed by atoms with Crippen LogP contribution in [0.4, 0.5) is 0 Å². The van der Waals surface area contributed by atoms with Gasteiger partial charge in [0.1, 0.15) is 10.6 Å². The van der Waals surface area contributed by atoms with Crippen LogP contribution in [0.15, 0.2) is 48.7 Å².